The lowest BCUT2D eigenvalue weighted by Gasteiger charge is -2.18. The van der Waals surface area contributed by atoms with Crippen LogP contribution in [0.4, 0.5) is 15.0 Å². The van der Waals surface area contributed by atoms with Gasteiger partial charge in [0.05, 0.1) is 24.0 Å². The van der Waals surface area contributed by atoms with Crippen LogP contribution in [0.3, 0.4) is 0 Å². The number of hydrogen-bond donors (Lipinski definition) is 4. The van der Waals surface area contributed by atoms with Gasteiger partial charge in [-0.15, -0.1) is 0 Å². The Bertz CT molecular complexity index is 1190. The molecule has 0 saturated carbocycles. The van der Waals surface area contributed by atoms with Gasteiger partial charge < -0.3 is 25.8 Å². The van der Waals surface area contributed by atoms with Gasteiger partial charge in [-0.25, -0.2) is 14.2 Å². The van der Waals surface area contributed by atoms with Crippen LogP contribution in [0, 0.1) is 5.82 Å². The van der Waals surface area contributed by atoms with Crippen molar-refractivity contribution in [2.24, 2.45) is 0 Å². The zero-order valence-corrected chi connectivity index (χ0v) is 19.8. The molecule has 1 unspecified atom stereocenters. The second-order valence-electron chi connectivity index (χ2n) is 7.60. The van der Waals surface area contributed by atoms with Gasteiger partial charge in [0.2, 0.25) is 5.91 Å². The number of nitrogens with zero attached hydrogens (tertiary/aromatic N) is 1. The second kappa shape index (κ2) is 13.1. The summed E-state index contributed by atoms with van der Waals surface area (Å²) in [5, 5.41) is 17.2. The normalized spacial score (nSPS) is 11.3. The summed E-state index contributed by atoms with van der Waals surface area (Å²) in [6.45, 7) is -0.0104. The van der Waals surface area contributed by atoms with E-state index in [2.05, 4.69) is 20.9 Å². The first-order valence-electron chi connectivity index (χ1n) is 10.9. The highest BCUT2D eigenvalue weighted by atomic mass is 35.5. The molecule has 0 fully saturated rings. The number of carbonyl (C=O) groups is 3. The molecule has 11 heteroatoms. The molecule has 0 spiro atoms. The number of amides is 2. The van der Waals surface area contributed by atoms with Gasteiger partial charge in [0, 0.05) is 6.20 Å². The van der Waals surface area contributed by atoms with Gasteiger partial charge in [0.15, 0.2) is 0 Å². The van der Waals surface area contributed by atoms with E-state index in [0.29, 0.717) is 23.5 Å². The Kier molecular flexibility index (Phi) is 9.58. The number of hydrogen-bond acceptors (Lipinski definition) is 6. The first kappa shape index (κ1) is 26.4. The van der Waals surface area contributed by atoms with Crippen molar-refractivity contribution >= 4 is 35.4 Å². The van der Waals surface area contributed by atoms with E-state index < -0.39 is 36.4 Å². The van der Waals surface area contributed by atoms with Crippen molar-refractivity contribution in [2.45, 2.75) is 12.5 Å². The van der Waals surface area contributed by atoms with Crippen molar-refractivity contribution in [3.8, 4) is 11.1 Å². The van der Waals surface area contributed by atoms with Crippen LogP contribution in [-0.2, 0) is 14.3 Å². The Hall–Kier alpha value is -4.18. The summed E-state index contributed by atoms with van der Waals surface area (Å²) < 4.78 is 18.4. The first-order valence-corrected chi connectivity index (χ1v) is 11.3. The minimum absolute atomic E-state index is 0.0110. The van der Waals surface area contributed by atoms with Gasteiger partial charge in [-0.2, -0.15) is 0 Å². The van der Waals surface area contributed by atoms with Crippen LogP contribution < -0.4 is 16.0 Å². The van der Waals surface area contributed by atoms with E-state index in [1.807, 2.05) is 6.07 Å². The minimum atomic E-state index is -1.11. The van der Waals surface area contributed by atoms with Crippen LogP contribution in [0.5, 0.6) is 0 Å². The van der Waals surface area contributed by atoms with Crippen LogP contribution in [0.2, 0.25) is 5.02 Å². The van der Waals surface area contributed by atoms with Gasteiger partial charge in [-0.05, 0) is 41.0 Å². The van der Waals surface area contributed by atoms with E-state index in [0.717, 1.165) is 5.56 Å². The van der Waals surface area contributed by atoms with E-state index in [1.54, 1.807) is 48.7 Å². The maximum Gasteiger partial charge on any atom is 0.407 e. The largest absolute Gasteiger partial charge is 0.481 e. The Morgan fingerprint density at radius 1 is 1.06 bits per heavy atom. The molecule has 3 rings (SSSR count). The number of carboxylic acid groups (broad SMARTS) is 1. The van der Waals surface area contributed by atoms with Crippen molar-refractivity contribution in [2.75, 3.05) is 25.0 Å². The van der Waals surface area contributed by atoms with Gasteiger partial charge in [0.25, 0.3) is 0 Å². The number of nitrogens with one attached hydrogen (secondary N) is 3. The van der Waals surface area contributed by atoms with Gasteiger partial charge >= 0.3 is 12.1 Å². The molecular formula is C25H24ClFN4O5. The Balaban J connectivity index is 1.49. The molecule has 0 aliphatic carbocycles. The van der Waals surface area contributed by atoms with Crippen LogP contribution in [-0.4, -0.2) is 47.8 Å². The monoisotopic (exact) mass is 514 g/mol. The summed E-state index contributed by atoms with van der Waals surface area (Å²) in [5.74, 6) is -1.58. The fourth-order valence-corrected chi connectivity index (χ4v) is 3.43. The van der Waals surface area contributed by atoms with E-state index >= 15 is 0 Å². The third-order valence-corrected chi connectivity index (χ3v) is 5.27. The van der Waals surface area contributed by atoms with E-state index in [4.69, 9.17) is 16.3 Å². The SMILES string of the molecule is O=C(O)CC(NC(=O)CNC(=O)OCCNc1ccccn1)c1ccc(-c2ccc(F)c(Cl)c2)cc1. The fraction of sp³-hybridized carbons (Fsp3) is 0.200. The maximum absolute atomic E-state index is 13.4. The summed E-state index contributed by atoms with van der Waals surface area (Å²) in [4.78, 5) is 39.6. The molecule has 36 heavy (non-hydrogen) atoms. The molecule has 1 atom stereocenters. The molecule has 4 N–H and O–H groups in total. The van der Waals surface area contributed by atoms with Crippen molar-refractivity contribution < 1.29 is 28.6 Å². The number of anilines is 1. The quantitative estimate of drug-likeness (QED) is 0.284. The molecule has 3 aromatic rings. The highest BCUT2D eigenvalue weighted by Gasteiger charge is 2.19. The summed E-state index contributed by atoms with van der Waals surface area (Å²) in [6.07, 6.45) is 0.476. The van der Waals surface area contributed by atoms with Crippen molar-refractivity contribution in [1.82, 2.24) is 15.6 Å². The number of benzene rings is 2. The average molecular weight is 515 g/mol. The topological polar surface area (TPSA) is 130 Å². The van der Waals surface area contributed by atoms with E-state index in [1.165, 1.54) is 12.1 Å². The number of alkyl carbamates (subject to hydrolysis) is 1. The Labute approximate surface area is 211 Å². The standard InChI is InChI=1S/C25H24ClFN4O5/c26-19-13-18(8-9-20(19)27)16-4-6-17(7-5-16)21(14-24(33)34)31-23(32)15-30-25(35)36-12-11-29-22-3-1-2-10-28-22/h1-10,13,21H,11-12,14-15H2,(H,28,29)(H,30,35)(H,31,32)(H,33,34). The lowest BCUT2D eigenvalue weighted by Crippen LogP contribution is -2.39. The van der Waals surface area contributed by atoms with Crippen molar-refractivity contribution in [3.63, 3.8) is 0 Å². The number of ether oxygens (including phenoxy) is 1. The van der Waals surface area contributed by atoms with Crippen molar-refractivity contribution in [3.05, 3.63) is 83.3 Å². The molecule has 2 amide bonds. The third-order valence-electron chi connectivity index (χ3n) is 4.98. The molecule has 0 bridgehead atoms. The Morgan fingerprint density at radius 3 is 2.47 bits per heavy atom. The molecule has 0 radical (unpaired) electrons. The maximum atomic E-state index is 13.4. The summed E-state index contributed by atoms with van der Waals surface area (Å²) in [7, 11) is 0. The summed E-state index contributed by atoms with van der Waals surface area (Å²) >= 11 is 5.84. The Morgan fingerprint density at radius 2 is 1.81 bits per heavy atom. The zero-order chi connectivity index (χ0) is 25.9. The number of pyridine rings is 1. The molecular weight excluding hydrogens is 491 g/mol. The molecule has 0 aliphatic heterocycles. The molecule has 0 saturated heterocycles. The van der Waals surface area contributed by atoms with Gasteiger partial charge in [0.1, 0.15) is 24.8 Å². The second-order valence-corrected chi connectivity index (χ2v) is 8.01. The molecule has 0 aliphatic rings. The smallest absolute Gasteiger partial charge is 0.407 e. The highest BCUT2D eigenvalue weighted by Crippen LogP contribution is 2.27. The minimum Gasteiger partial charge on any atom is -0.481 e. The molecule has 1 aromatic heterocycles. The van der Waals surface area contributed by atoms with E-state index in [-0.39, 0.29) is 18.1 Å². The predicted molar refractivity (Wildman–Crippen MR) is 132 cm³/mol. The average Bonchev–Trinajstić information content (AvgIpc) is 2.87. The number of halogens is 2. The van der Waals surface area contributed by atoms with E-state index in [9.17, 15) is 23.9 Å². The molecule has 188 valence electrons. The fourth-order valence-electron chi connectivity index (χ4n) is 3.25. The van der Waals surface area contributed by atoms with Gasteiger partial charge in [-0.3, -0.25) is 9.59 Å². The number of aliphatic carboxylic acids is 1. The third kappa shape index (κ3) is 8.24. The first-order chi connectivity index (χ1) is 17.3. The number of aromatic nitrogens is 1. The zero-order valence-electron chi connectivity index (χ0n) is 19.0. The summed E-state index contributed by atoms with van der Waals surface area (Å²) in [5.41, 5.74) is 1.97. The molecule has 9 nitrogen and oxygen atoms in total. The summed E-state index contributed by atoms with van der Waals surface area (Å²) in [6, 6.07) is 15.6. The van der Waals surface area contributed by atoms with Crippen molar-refractivity contribution in [1.29, 1.82) is 0 Å². The van der Waals surface area contributed by atoms with Crippen LogP contribution >= 0.6 is 11.6 Å². The molecule has 1 heterocycles. The predicted octanol–water partition coefficient (Wildman–Crippen LogP) is 4.01. The van der Waals surface area contributed by atoms with Gasteiger partial charge in [-0.1, -0.05) is 48.0 Å². The number of rotatable bonds is 11. The highest BCUT2D eigenvalue weighted by molar-refractivity contribution is 6.31. The lowest BCUT2D eigenvalue weighted by molar-refractivity contribution is -0.137. The van der Waals surface area contributed by atoms with Crippen LogP contribution in [0.1, 0.15) is 18.0 Å². The number of carboxylic acids is 1. The molecule has 2 aromatic carbocycles. The number of carbonyl (C=O) groups excluding carboxylic acids is 2. The van der Waals surface area contributed by atoms with Crippen LogP contribution in [0.15, 0.2) is 66.9 Å². The lowest BCUT2D eigenvalue weighted by atomic mass is 9.99. The van der Waals surface area contributed by atoms with Crippen LogP contribution in [0.25, 0.3) is 11.1 Å².